The van der Waals surface area contributed by atoms with Gasteiger partial charge in [-0.25, -0.2) is 14.8 Å². The number of ether oxygens (including phenoxy) is 2. The third-order valence-corrected chi connectivity index (χ3v) is 4.98. The van der Waals surface area contributed by atoms with E-state index in [0.29, 0.717) is 42.9 Å². The monoisotopic (exact) mass is 419 g/mol. The van der Waals surface area contributed by atoms with Gasteiger partial charge in [0, 0.05) is 42.3 Å². The molecule has 0 spiro atoms. The van der Waals surface area contributed by atoms with Crippen LogP contribution in [0.4, 0.5) is 10.6 Å². The number of benzene rings is 1. The van der Waals surface area contributed by atoms with E-state index in [9.17, 15) is 4.79 Å². The molecule has 1 fully saturated rings. The highest BCUT2D eigenvalue weighted by Gasteiger charge is 2.23. The molecule has 156 valence electrons. The van der Waals surface area contributed by atoms with Crippen molar-refractivity contribution in [1.29, 1.82) is 0 Å². The first-order chi connectivity index (χ1) is 14.1. The quantitative estimate of drug-likeness (QED) is 0.715. The first-order valence-electron chi connectivity index (χ1n) is 9.65. The number of carbonyl (C=O) groups is 1. The standard InChI is InChI=1S/C20H26ClN5O3/c1-3-29-19-11-18(23-13-24-19)25-16-6-8-26(9-7-16)20(27)22-12-14-4-5-15(21)10-17(14)28-2/h4-5,10-11,13,16H,3,6-9,12H2,1-2H3,(H,22,27)(H,23,24,25). The molecule has 0 aliphatic carbocycles. The van der Waals surface area contributed by atoms with Gasteiger partial charge in [0.1, 0.15) is 17.9 Å². The van der Waals surface area contributed by atoms with Crippen molar-refractivity contribution in [2.24, 2.45) is 0 Å². The summed E-state index contributed by atoms with van der Waals surface area (Å²) in [6.45, 7) is 4.21. The lowest BCUT2D eigenvalue weighted by atomic mass is 10.1. The maximum absolute atomic E-state index is 12.5. The van der Waals surface area contributed by atoms with Crippen molar-refractivity contribution >= 4 is 23.4 Å². The predicted octanol–water partition coefficient (Wildman–Crippen LogP) is 3.32. The molecule has 0 atom stereocenters. The zero-order valence-corrected chi connectivity index (χ0v) is 17.4. The molecular formula is C20H26ClN5O3. The summed E-state index contributed by atoms with van der Waals surface area (Å²) in [7, 11) is 1.59. The summed E-state index contributed by atoms with van der Waals surface area (Å²) in [5.74, 6) is 1.96. The Kier molecular flexibility index (Phi) is 7.35. The van der Waals surface area contributed by atoms with Gasteiger partial charge in [0.25, 0.3) is 0 Å². The summed E-state index contributed by atoms with van der Waals surface area (Å²) in [4.78, 5) is 22.6. The summed E-state index contributed by atoms with van der Waals surface area (Å²) < 4.78 is 10.7. The fourth-order valence-electron chi connectivity index (χ4n) is 3.23. The molecule has 1 saturated heterocycles. The van der Waals surface area contributed by atoms with Crippen LogP contribution >= 0.6 is 11.6 Å². The molecule has 29 heavy (non-hydrogen) atoms. The van der Waals surface area contributed by atoms with Crippen molar-refractivity contribution in [2.45, 2.75) is 32.4 Å². The van der Waals surface area contributed by atoms with Crippen molar-refractivity contribution in [3.63, 3.8) is 0 Å². The minimum Gasteiger partial charge on any atom is -0.496 e. The summed E-state index contributed by atoms with van der Waals surface area (Å²) in [5, 5.41) is 6.95. The van der Waals surface area contributed by atoms with E-state index in [4.69, 9.17) is 21.1 Å². The van der Waals surface area contributed by atoms with Crippen molar-refractivity contribution in [3.05, 3.63) is 41.2 Å². The van der Waals surface area contributed by atoms with Gasteiger partial charge in [0.05, 0.1) is 13.7 Å². The van der Waals surface area contributed by atoms with Crippen molar-refractivity contribution in [1.82, 2.24) is 20.2 Å². The van der Waals surface area contributed by atoms with Gasteiger partial charge in [0.2, 0.25) is 5.88 Å². The lowest BCUT2D eigenvalue weighted by Crippen LogP contribution is -2.46. The Hall–Kier alpha value is -2.74. The number of nitrogens with one attached hydrogen (secondary N) is 2. The van der Waals surface area contributed by atoms with Crippen LogP contribution in [0.25, 0.3) is 0 Å². The minimum absolute atomic E-state index is 0.0823. The van der Waals surface area contributed by atoms with E-state index >= 15 is 0 Å². The SMILES string of the molecule is CCOc1cc(NC2CCN(C(=O)NCc3ccc(Cl)cc3OC)CC2)ncn1. The maximum Gasteiger partial charge on any atom is 0.317 e. The van der Waals surface area contributed by atoms with Crippen molar-refractivity contribution in [3.8, 4) is 11.6 Å². The fraction of sp³-hybridized carbons (Fsp3) is 0.450. The van der Waals surface area contributed by atoms with E-state index in [1.54, 1.807) is 25.3 Å². The topological polar surface area (TPSA) is 88.6 Å². The van der Waals surface area contributed by atoms with Crippen LogP contribution in [-0.4, -0.2) is 53.7 Å². The molecule has 9 heteroatoms. The summed E-state index contributed by atoms with van der Waals surface area (Å²) in [6, 6.07) is 7.34. The van der Waals surface area contributed by atoms with Crippen LogP contribution < -0.4 is 20.1 Å². The van der Waals surface area contributed by atoms with Crippen LogP contribution in [-0.2, 0) is 6.54 Å². The molecule has 1 aromatic carbocycles. The number of aromatic nitrogens is 2. The van der Waals surface area contributed by atoms with Gasteiger partial charge in [-0.3, -0.25) is 0 Å². The highest BCUT2D eigenvalue weighted by atomic mass is 35.5. The minimum atomic E-state index is -0.0823. The number of rotatable bonds is 7. The molecule has 0 unspecified atom stereocenters. The van der Waals surface area contributed by atoms with E-state index in [-0.39, 0.29) is 12.1 Å². The summed E-state index contributed by atoms with van der Waals surface area (Å²) in [6.07, 6.45) is 3.16. The zero-order valence-electron chi connectivity index (χ0n) is 16.7. The van der Waals surface area contributed by atoms with Gasteiger partial charge in [-0.2, -0.15) is 0 Å². The highest BCUT2D eigenvalue weighted by molar-refractivity contribution is 6.30. The van der Waals surface area contributed by atoms with E-state index in [1.165, 1.54) is 6.33 Å². The second-order valence-corrected chi connectivity index (χ2v) is 7.13. The van der Waals surface area contributed by atoms with Crippen LogP contribution in [0.5, 0.6) is 11.6 Å². The van der Waals surface area contributed by atoms with E-state index in [1.807, 2.05) is 17.9 Å². The molecule has 3 rings (SSSR count). The average Bonchev–Trinajstić information content (AvgIpc) is 2.73. The predicted molar refractivity (Wildman–Crippen MR) is 112 cm³/mol. The van der Waals surface area contributed by atoms with Crippen LogP contribution in [0.15, 0.2) is 30.6 Å². The molecule has 0 saturated carbocycles. The lowest BCUT2D eigenvalue weighted by Gasteiger charge is -2.32. The van der Waals surface area contributed by atoms with Gasteiger partial charge in [-0.15, -0.1) is 0 Å². The number of piperidine rings is 1. The average molecular weight is 420 g/mol. The number of urea groups is 1. The number of anilines is 1. The van der Waals surface area contributed by atoms with Crippen molar-refractivity contribution in [2.75, 3.05) is 32.1 Å². The molecule has 1 aliphatic heterocycles. The molecule has 2 aromatic rings. The Balaban J connectivity index is 1.46. The fourth-order valence-corrected chi connectivity index (χ4v) is 3.39. The van der Waals surface area contributed by atoms with Crippen LogP contribution in [0.2, 0.25) is 5.02 Å². The molecule has 1 aromatic heterocycles. The molecule has 2 amide bonds. The maximum atomic E-state index is 12.5. The number of halogens is 1. The first-order valence-corrected chi connectivity index (χ1v) is 10.0. The Morgan fingerprint density at radius 2 is 2.07 bits per heavy atom. The van der Waals surface area contributed by atoms with Crippen molar-refractivity contribution < 1.29 is 14.3 Å². The second kappa shape index (κ2) is 10.2. The van der Waals surface area contributed by atoms with E-state index < -0.39 is 0 Å². The summed E-state index contributed by atoms with van der Waals surface area (Å²) >= 11 is 5.98. The lowest BCUT2D eigenvalue weighted by molar-refractivity contribution is 0.183. The second-order valence-electron chi connectivity index (χ2n) is 6.70. The molecule has 8 nitrogen and oxygen atoms in total. The summed E-state index contributed by atoms with van der Waals surface area (Å²) in [5.41, 5.74) is 0.885. The Morgan fingerprint density at radius 3 is 2.79 bits per heavy atom. The molecule has 0 radical (unpaired) electrons. The zero-order chi connectivity index (χ0) is 20.6. The Labute approximate surface area is 175 Å². The molecule has 1 aliphatic rings. The Bertz CT molecular complexity index is 828. The van der Waals surface area contributed by atoms with Gasteiger partial charge in [-0.1, -0.05) is 17.7 Å². The highest BCUT2D eigenvalue weighted by Crippen LogP contribution is 2.23. The van der Waals surface area contributed by atoms with Gasteiger partial charge < -0.3 is 25.0 Å². The number of carbonyl (C=O) groups excluding carboxylic acids is 1. The smallest absolute Gasteiger partial charge is 0.317 e. The van der Waals surface area contributed by atoms with E-state index in [0.717, 1.165) is 24.2 Å². The van der Waals surface area contributed by atoms with Crippen LogP contribution in [0, 0.1) is 0 Å². The Morgan fingerprint density at radius 1 is 1.28 bits per heavy atom. The number of hydrogen-bond donors (Lipinski definition) is 2. The van der Waals surface area contributed by atoms with Gasteiger partial charge in [-0.05, 0) is 31.9 Å². The molecule has 0 bridgehead atoms. The first kappa shape index (κ1) is 21.0. The number of amides is 2. The number of hydrogen-bond acceptors (Lipinski definition) is 6. The van der Waals surface area contributed by atoms with Gasteiger partial charge >= 0.3 is 6.03 Å². The third-order valence-electron chi connectivity index (χ3n) is 4.75. The van der Waals surface area contributed by atoms with Crippen LogP contribution in [0.3, 0.4) is 0 Å². The third kappa shape index (κ3) is 5.87. The van der Waals surface area contributed by atoms with Crippen LogP contribution in [0.1, 0.15) is 25.3 Å². The number of methoxy groups -OCH3 is 1. The normalized spacial score (nSPS) is 14.4. The van der Waals surface area contributed by atoms with Gasteiger partial charge in [0.15, 0.2) is 0 Å². The number of nitrogens with zero attached hydrogens (tertiary/aromatic N) is 3. The van der Waals surface area contributed by atoms with E-state index in [2.05, 4.69) is 20.6 Å². The number of likely N-dealkylation sites (tertiary alicyclic amines) is 1. The molecular weight excluding hydrogens is 394 g/mol. The molecule has 2 heterocycles. The molecule has 2 N–H and O–H groups in total. The largest absolute Gasteiger partial charge is 0.496 e.